The normalized spacial score (nSPS) is 16.6. The van der Waals surface area contributed by atoms with E-state index >= 15 is 0 Å². The second-order valence-corrected chi connectivity index (χ2v) is 6.11. The van der Waals surface area contributed by atoms with E-state index in [4.69, 9.17) is 4.74 Å². The third-order valence-corrected chi connectivity index (χ3v) is 4.37. The molecule has 1 fully saturated rings. The van der Waals surface area contributed by atoms with Crippen molar-refractivity contribution in [3.05, 3.63) is 65.5 Å². The number of benzene rings is 2. The van der Waals surface area contributed by atoms with Crippen LogP contribution >= 0.6 is 0 Å². The lowest BCUT2D eigenvalue weighted by Crippen LogP contribution is -2.27. The van der Waals surface area contributed by atoms with E-state index in [9.17, 15) is 18.8 Å². The van der Waals surface area contributed by atoms with Crippen molar-refractivity contribution < 1.29 is 23.5 Å². The van der Waals surface area contributed by atoms with Crippen LogP contribution < -0.4 is 4.74 Å². The van der Waals surface area contributed by atoms with E-state index in [0.717, 1.165) is 0 Å². The number of nitrogens with zero attached hydrogens (tertiary/aromatic N) is 1. The van der Waals surface area contributed by atoms with Gasteiger partial charge in [-0.15, -0.1) is 0 Å². The number of hydrogen-bond acceptors (Lipinski definition) is 4. The van der Waals surface area contributed by atoms with Gasteiger partial charge >= 0.3 is 5.97 Å². The van der Waals surface area contributed by atoms with Gasteiger partial charge in [-0.25, -0.2) is 4.39 Å². The summed E-state index contributed by atoms with van der Waals surface area (Å²) in [5.41, 5.74) is 0.782. The summed E-state index contributed by atoms with van der Waals surface area (Å²) in [5, 5.41) is 0. The minimum Gasteiger partial charge on any atom is -0.426 e. The van der Waals surface area contributed by atoms with Crippen LogP contribution in [0.4, 0.5) is 4.39 Å². The highest BCUT2D eigenvalue weighted by Gasteiger charge is 2.34. The molecule has 5 nitrogen and oxygen atoms in total. The highest BCUT2D eigenvalue weighted by molar-refractivity contribution is 6.09. The van der Waals surface area contributed by atoms with Crippen LogP contribution in [0.3, 0.4) is 0 Å². The molecule has 0 bridgehead atoms. The molecular formula is C20H18FNO4. The Labute approximate surface area is 150 Å². The van der Waals surface area contributed by atoms with Gasteiger partial charge in [0.25, 0.3) is 0 Å². The summed E-state index contributed by atoms with van der Waals surface area (Å²) in [4.78, 5) is 37.8. The third kappa shape index (κ3) is 3.79. The lowest BCUT2D eigenvalue weighted by molar-refractivity contribution is -0.139. The fourth-order valence-corrected chi connectivity index (χ4v) is 2.88. The third-order valence-electron chi connectivity index (χ3n) is 4.37. The molecule has 26 heavy (non-hydrogen) atoms. The summed E-state index contributed by atoms with van der Waals surface area (Å²) in [7, 11) is 0. The smallest absolute Gasteiger partial charge is 0.316 e. The Bertz CT molecular complexity index is 830. The molecule has 1 aliphatic rings. The minimum absolute atomic E-state index is 0.0466. The Morgan fingerprint density at radius 1 is 1.08 bits per heavy atom. The number of halogens is 1. The standard InChI is InChI=1S/C20H18FNO4/c1-2-22-12-15(11-18(22)23)20(25)26-17-9-5-14(6-10-17)19(24)13-3-7-16(21)8-4-13/h3-10,15H,2,11-12H2,1H3. The average molecular weight is 355 g/mol. The fraction of sp³-hybridized carbons (Fsp3) is 0.250. The van der Waals surface area contributed by atoms with Crippen molar-refractivity contribution in [1.29, 1.82) is 0 Å². The van der Waals surface area contributed by atoms with E-state index in [1.807, 2.05) is 6.92 Å². The van der Waals surface area contributed by atoms with E-state index in [-0.39, 0.29) is 18.1 Å². The van der Waals surface area contributed by atoms with Crippen molar-refractivity contribution >= 4 is 17.7 Å². The topological polar surface area (TPSA) is 63.7 Å². The second kappa shape index (κ2) is 7.47. The summed E-state index contributed by atoms with van der Waals surface area (Å²) in [6.45, 7) is 2.81. The maximum absolute atomic E-state index is 12.9. The first-order chi connectivity index (χ1) is 12.5. The van der Waals surface area contributed by atoms with Crippen molar-refractivity contribution in [2.75, 3.05) is 13.1 Å². The van der Waals surface area contributed by atoms with Crippen molar-refractivity contribution in [3.8, 4) is 5.75 Å². The van der Waals surface area contributed by atoms with Gasteiger partial charge in [0, 0.05) is 30.6 Å². The van der Waals surface area contributed by atoms with Gasteiger partial charge in [-0.1, -0.05) is 0 Å². The summed E-state index contributed by atoms with van der Waals surface area (Å²) < 4.78 is 18.3. The van der Waals surface area contributed by atoms with Crippen molar-refractivity contribution in [1.82, 2.24) is 4.90 Å². The van der Waals surface area contributed by atoms with Crippen LogP contribution in [-0.2, 0) is 9.59 Å². The number of carbonyl (C=O) groups is 3. The van der Waals surface area contributed by atoms with E-state index in [1.165, 1.54) is 36.4 Å². The van der Waals surface area contributed by atoms with Gasteiger partial charge in [0.15, 0.2) is 5.78 Å². The summed E-state index contributed by atoms with van der Waals surface area (Å²) in [6.07, 6.45) is 0.161. The molecule has 2 aromatic carbocycles. The van der Waals surface area contributed by atoms with Crippen LogP contribution in [0, 0.1) is 11.7 Å². The van der Waals surface area contributed by atoms with E-state index in [0.29, 0.717) is 30.0 Å². The van der Waals surface area contributed by atoms with E-state index < -0.39 is 17.7 Å². The maximum atomic E-state index is 12.9. The monoisotopic (exact) mass is 355 g/mol. The van der Waals surface area contributed by atoms with Crippen molar-refractivity contribution in [2.24, 2.45) is 5.92 Å². The largest absolute Gasteiger partial charge is 0.426 e. The first-order valence-electron chi connectivity index (χ1n) is 8.37. The molecule has 1 aliphatic heterocycles. The fourth-order valence-electron chi connectivity index (χ4n) is 2.88. The highest BCUT2D eigenvalue weighted by Crippen LogP contribution is 2.21. The number of carbonyl (C=O) groups excluding carboxylic acids is 3. The molecule has 134 valence electrons. The summed E-state index contributed by atoms with van der Waals surface area (Å²) >= 11 is 0. The molecule has 0 aliphatic carbocycles. The molecule has 2 aromatic rings. The van der Waals surface area contributed by atoms with Crippen LogP contribution in [-0.4, -0.2) is 35.6 Å². The second-order valence-electron chi connectivity index (χ2n) is 6.11. The zero-order valence-corrected chi connectivity index (χ0v) is 14.3. The van der Waals surface area contributed by atoms with Crippen LogP contribution in [0.15, 0.2) is 48.5 Å². The van der Waals surface area contributed by atoms with Crippen molar-refractivity contribution in [3.63, 3.8) is 0 Å². The van der Waals surface area contributed by atoms with Crippen LogP contribution in [0.2, 0.25) is 0 Å². The number of rotatable bonds is 5. The Morgan fingerprint density at radius 3 is 2.19 bits per heavy atom. The molecule has 1 amide bonds. The van der Waals surface area contributed by atoms with Gasteiger partial charge in [0.05, 0.1) is 5.92 Å². The number of esters is 1. The Morgan fingerprint density at radius 2 is 1.65 bits per heavy atom. The molecule has 0 aromatic heterocycles. The zero-order chi connectivity index (χ0) is 18.7. The molecule has 3 rings (SSSR count). The quantitative estimate of drug-likeness (QED) is 0.470. The minimum atomic E-state index is -0.469. The number of likely N-dealkylation sites (tertiary alicyclic amines) is 1. The molecule has 1 atom stereocenters. The van der Waals surface area contributed by atoms with E-state index in [1.54, 1.807) is 17.0 Å². The Hall–Kier alpha value is -3.02. The lowest BCUT2D eigenvalue weighted by atomic mass is 10.0. The Kier molecular flexibility index (Phi) is 5.11. The van der Waals surface area contributed by atoms with Gasteiger partial charge < -0.3 is 9.64 Å². The molecule has 0 spiro atoms. The zero-order valence-electron chi connectivity index (χ0n) is 14.3. The SMILES string of the molecule is CCN1CC(C(=O)Oc2ccc(C(=O)c3ccc(F)cc3)cc2)CC1=O. The summed E-state index contributed by atoms with van der Waals surface area (Å²) in [6, 6.07) is 11.5. The number of hydrogen-bond donors (Lipinski definition) is 0. The molecule has 0 N–H and O–H groups in total. The van der Waals surface area contributed by atoms with Crippen LogP contribution in [0.25, 0.3) is 0 Å². The maximum Gasteiger partial charge on any atom is 0.316 e. The first kappa shape index (κ1) is 17.8. The van der Waals surface area contributed by atoms with Gasteiger partial charge in [-0.3, -0.25) is 14.4 Å². The number of ether oxygens (including phenoxy) is 1. The van der Waals surface area contributed by atoms with Gasteiger partial charge in [-0.2, -0.15) is 0 Å². The van der Waals surface area contributed by atoms with Gasteiger partial charge in [0.1, 0.15) is 11.6 Å². The number of amides is 1. The predicted molar refractivity (Wildman–Crippen MR) is 92.3 cm³/mol. The van der Waals surface area contributed by atoms with E-state index in [2.05, 4.69) is 0 Å². The average Bonchev–Trinajstić information content (AvgIpc) is 3.03. The molecular weight excluding hydrogens is 337 g/mol. The lowest BCUT2D eigenvalue weighted by Gasteiger charge is -2.13. The van der Waals surface area contributed by atoms with Gasteiger partial charge in [0.2, 0.25) is 5.91 Å². The Balaban J connectivity index is 1.64. The highest BCUT2D eigenvalue weighted by atomic mass is 19.1. The predicted octanol–water partition coefficient (Wildman–Crippen LogP) is 2.83. The first-order valence-corrected chi connectivity index (χ1v) is 8.37. The van der Waals surface area contributed by atoms with Crippen molar-refractivity contribution in [2.45, 2.75) is 13.3 Å². The number of ketones is 1. The molecule has 1 heterocycles. The molecule has 1 unspecified atom stereocenters. The molecule has 1 saturated heterocycles. The molecule has 6 heteroatoms. The van der Waals surface area contributed by atoms with Crippen LogP contribution in [0.1, 0.15) is 29.3 Å². The summed E-state index contributed by atoms with van der Waals surface area (Å²) in [5.74, 6) is -1.31. The van der Waals surface area contributed by atoms with Gasteiger partial charge in [-0.05, 0) is 55.5 Å². The van der Waals surface area contributed by atoms with Crippen LogP contribution in [0.5, 0.6) is 5.75 Å². The molecule has 0 saturated carbocycles. The molecule has 0 radical (unpaired) electrons.